The molecule has 3 heteroatoms. The summed E-state index contributed by atoms with van der Waals surface area (Å²) in [6.45, 7) is 3.71. The molecule has 1 aliphatic heterocycles. The molecule has 1 fully saturated rings. The van der Waals surface area contributed by atoms with Crippen LogP contribution in [0.15, 0.2) is 18.2 Å². The topological polar surface area (TPSA) is 23.5 Å². The number of aliphatic hydroxyl groups is 1. The highest BCUT2D eigenvalue weighted by Crippen LogP contribution is 2.28. The fourth-order valence-corrected chi connectivity index (χ4v) is 2.64. The number of halogens is 1. The van der Waals surface area contributed by atoms with Crippen molar-refractivity contribution in [3.05, 3.63) is 29.6 Å². The third-order valence-corrected chi connectivity index (χ3v) is 3.64. The van der Waals surface area contributed by atoms with Crippen molar-refractivity contribution in [3.63, 3.8) is 0 Å². The second-order valence-corrected chi connectivity index (χ2v) is 5.13. The average molecular weight is 251 g/mol. The Morgan fingerprint density at radius 1 is 1.11 bits per heavy atom. The molecule has 0 unspecified atom stereocenters. The van der Waals surface area contributed by atoms with Crippen molar-refractivity contribution in [1.29, 1.82) is 0 Å². The Hall–Kier alpha value is -1.09. The lowest BCUT2D eigenvalue weighted by atomic mass is 10.0. The van der Waals surface area contributed by atoms with E-state index in [4.69, 9.17) is 0 Å². The zero-order valence-electron chi connectivity index (χ0n) is 11.0. The van der Waals surface area contributed by atoms with Crippen LogP contribution in [0.1, 0.15) is 50.7 Å². The number of rotatable bonds is 2. The molecule has 18 heavy (non-hydrogen) atoms. The van der Waals surface area contributed by atoms with Gasteiger partial charge in [0.1, 0.15) is 5.82 Å². The van der Waals surface area contributed by atoms with Crippen molar-refractivity contribution in [2.24, 2.45) is 0 Å². The van der Waals surface area contributed by atoms with Crippen LogP contribution in [0.2, 0.25) is 0 Å². The summed E-state index contributed by atoms with van der Waals surface area (Å²) in [6, 6.07) is 4.75. The van der Waals surface area contributed by atoms with Gasteiger partial charge in [-0.2, -0.15) is 0 Å². The van der Waals surface area contributed by atoms with Gasteiger partial charge in [-0.1, -0.05) is 19.3 Å². The van der Waals surface area contributed by atoms with Gasteiger partial charge in [0.05, 0.1) is 6.10 Å². The molecule has 1 aliphatic rings. The van der Waals surface area contributed by atoms with Crippen molar-refractivity contribution in [2.75, 3.05) is 18.0 Å². The standard InChI is InChI=1S/C15H22FNO/c1-12(18)14-11-13(16)7-8-15(14)17-9-5-3-2-4-6-10-17/h7-8,11-12,18H,2-6,9-10H2,1H3/t12-/m0/s1. The molecule has 2 rings (SSSR count). The Morgan fingerprint density at radius 2 is 1.72 bits per heavy atom. The molecule has 0 bridgehead atoms. The molecule has 1 aromatic carbocycles. The van der Waals surface area contributed by atoms with Crippen LogP contribution in [-0.2, 0) is 0 Å². The van der Waals surface area contributed by atoms with Gasteiger partial charge in [0, 0.05) is 24.3 Å². The number of anilines is 1. The zero-order chi connectivity index (χ0) is 13.0. The Bertz CT molecular complexity index is 384. The van der Waals surface area contributed by atoms with Gasteiger partial charge in [0.15, 0.2) is 0 Å². The molecule has 1 aromatic rings. The third-order valence-electron chi connectivity index (χ3n) is 3.64. The number of benzene rings is 1. The van der Waals surface area contributed by atoms with Crippen LogP contribution < -0.4 is 4.90 Å². The van der Waals surface area contributed by atoms with Crippen LogP contribution in [0.3, 0.4) is 0 Å². The summed E-state index contributed by atoms with van der Waals surface area (Å²) >= 11 is 0. The van der Waals surface area contributed by atoms with Gasteiger partial charge >= 0.3 is 0 Å². The van der Waals surface area contributed by atoms with E-state index in [9.17, 15) is 9.50 Å². The van der Waals surface area contributed by atoms with Gasteiger partial charge in [0.25, 0.3) is 0 Å². The Labute approximate surface area is 108 Å². The molecule has 2 nitrogen and oxygen atoms in total. The molecule has 1 saturated heterocycles. The van der Waals surface area contributed by atoms with E-state index in [1.54, 1.807) is 13.0 Å². The highest BCUT2D eigenvalue weighted by molar-refractivity contribution is 5.54. The van der Waals surface area contributed by atoms with Crippen molar-refractivity contribution in [3.8, 4) is 0 Å². The zero-order valence-corrected chi connectivity index (χ0v) is 11.0. The van der Waals surface area contributed by atoms with E-state index in [0.717, 1.165) is 18.8 Å². The molecule has 0 saturated carbocycles. The highest BCUT2D eigenvalue weighted by atomic mass is 19.1. The van der Waals surface area contributed by atoms with Gasteiger partial charge in [-0.25, -0.2) is 4.39 Å². The predicted octanol–water partition coefficient (Wildman–Crippen LogP) is 3.65. The molecular formula is C15H22FNO. The number of aliphatic hydroxyl groups excluding tert-OH is 1. The lowest BCUT2D eigenvalue weighted by molar-refractivity contribution is 0.199. The summed E-state index contributed by atoms with van der Waals surface area (Å²) < 4.78 is 13.3. The van der Waals surface area contributed by atoms with Gasteiger partial charge < -0.3 is 10.0 Å². The van der Waals surface area contributed by atoms with Crippen LogP contribution in [0.25, 0.3) is 0 Å². The molecule has 1 atom stereocenters. The van der Waals surface area contributed by atoms with E-state index in [-0.39, 0.29) is 5.82 Å². The number of hydrogen-bond donors (Lipinski definition) is 1. The summed E-state index contributed by atoms with van der Waals surface area (Å²) in [7, 11) is 0. The fourth-order valence-electron chi connectivity index (χ4n) is 2.64. The summed E-state index contributed by atoms with van der Waals surface area (Å²) in [5.74, 6) is -0.276. The summed E-state index contributed by atoms with van der Waals surface area (Å²) in [5.41, 5.74) is 1.70. The third kappa shape index (κ3) is 3.22. The minimum Gasteiger partial charge on any atom is -0.389 e. The lowest BCUT2D eigenvalue weighted by Gasteiger charge is -2.29. The van der Waals surface area contributed by atoms with Gasteiger partial charge in [0.2, 0.25) is 0 Å². The van der Waals surface area contributed by atoms with Crippen LogP contribution >= 0.6 is 0 Å². The molecule has 1 heterocycles. The number of nitrogens with zero attached hydrogens (tertiary/aromatic N) is 1. The quantitative estimate of drug-likeness (QED) is 0.867. The van der Waals surface area contributed by atoms with E-state index in [1.807, 2.05) is 0 Å². The minimum atomic E-state index is -0.624. The molecule has 0 aliphatic carbocycles. The molecule has 0 spiro atoms. The van der Waals surface area contributed by atoms with Crippen molar-refractivity contribution in [1.82, 2.24) is 0 Å². The van der Waals surface area contributed by atoms with Crippen molar-refractivity contribution in [2.45, 2.75) is 45.1 Å². The van der Waals surface area contributed by atoms with Crippen molar-refractivity contribution >= 4 is 5.69 Å². The maximum atomic E-state index is 13.3. The predicted molar refractivity (Wildman–Crippen MR) is 72.3 cm³/mol. The normalized spacial score (nSPS) is 19.2. The summed E-state index contributed by atoms with van der Waals surface area (Å²) in [6.07, 6.45) is 5.58. The van der Waals surface area contributed by atoms with E-state index >= 15 is 0 Å². The summed E-state index contributed by atoms with van der Waals surface area (Å²) in [5, 5.41) is 9.79. The van der Waals surface area contributed by atoms with Crippen molar-refractivity contribution < 1.29 is 9.50 Å². The first-order valence-electron chi connectivity index (χ1n) is 6.91. The van der Waals surface area contributed by atoms with Crippen LogP contribution in [0.5, 0.6) is 0 Å². The Kier molecular flexibility index (Phi) is 4.59. The summed E-state index contributed by atoms with van der Waals surface area (Å²) in [4.78, 5) is 2.29. The Balaban J connectivity index is 2.24. The van der Waals surface area contributed by atoms with Gasteiger partial charge in [-0.15, -0.1) is 0 Å². The molecule has 0 aromatic heterocycles. The molecule has 100 valence electrons. The SMILES string of the molecule is C[C@H](O)c1cc(F)ccc1N1CCCCCCC1. The minimum absolute atomic E-state index is 0.276. The van der Waals surface area contributed by atoms with E-state index < -0.39 is 6.10 Å². The smallest absolute Gasteiger partial charge is 0.123 e. The van der Waals surface area contributed by atoms with Gasteiger partial charge in [-0.3, -0.25) is 0 Å². The highest BCUT2D eigenvalue weighted by Gasteiger charge is 2.16. The largest absolute Gasteiger partial charge is 0.389 e. The molecule has 0 amide bonds. The second-order valence-electron chi connectivity index (χ2n) is 5.13. The average Bonchev–Trinajstić information content (AvgIpc) is 2.29. The molecular weight excluding hydrogens is 229 g/mol. The second kappa shape index (κ2) is 6.19. The lowest BCUT2D eigenvalue weighted by Crippen LogP contribution is -2.28. The Morgan fingerprint density at radius 3 is 2.33 bits per heavy atom. The monoisotopic (exact) mass is 251 g/mol. The van der Waals surface area contributed by atoms with Crippen LogP contribution in [0.4, 0.5) is 10.1 Å². The maximum absolute atomic E-state index is 13.3. The maximum Gasteiger partial charge on any atom is 0.123 e. The van der Waals surface area contributed by atoms with E-state index in [0.29, 0.717) is 5.56 Å². The fraction of sp³-hybridized carbons (Fsp3) is 0.600. The first-order chi connectivity index (χ1) is 8.68. The molecule has 0 radical (unpaired) electrons. The van der Waals surface area contributed by atoms with E-state index in [1.165, 1.54) is 44.2 Å². The molecule has 1 N–H and O–H groups in total. The van der Waals surface area contributed by atoms with Gasteiger partial charge in [-0.05, 0) is 38.0 Å². The first kappa shape index (κ1) is 13.3. The van der Waals surface area contributed by atoms with E-state index in [2.05, 4.69) is 4.90 Å². The van der Waals surface area contributed by atoms with Crippen LogP contribution in [-0.4, -0.2) is 18.2 Å². The van der Waals surface area contributed by atoms with Crippen LogP contribution in [0, 0.1) is 5.82 Å². The number of hydrogen-bond acceptors (Lipinski definition) is 2. The first-order valence-corrected chi connectivity index (χ1v) is 6.91.